The van der Waals surface area contributed by atoms with Crippen molar-refractivity contribution in [2.24, 2.45) is 17.3 Å². The molecule has 0 spiro atoms. The van der Waals surface area contributed by atoms with Crippen molar-refractivity contribution < 1.29 is 14.7 Å². The van der Waals surface area contributed by atoms with Crippen molar-refractivity contribution in [1.82, 2.24) is 4.90 Å². The summed E-state index contributed by atoms with van der Waals surface area (Å²) in [6.45, 7) is 6.30. The number of rotatable bonds is 2. The lowest BCUT2D eigenvalue weighted by Gasteiger charge is -2.56. The van der Waals surface area contributed by atoms with Crippen LogP contribution in [0.25, 0.3) is 0 Å². The molecule has 1 amide bonds. The first-order chi connectivity index (χ1) is 9.27. The minimum atomic E-state index is -0.823. The second-order valence-corrected chi connectivity index (χ2v) is 7.93. The molecule has 112 valence electrons. The number of nitrogens with zero attached hydrogens (tertiary/aromatic N) is 1. The molecule has 2 saturated carbocycles. The molecule has 4 nitrogen and oxygen atoms in total. The fourth-order valence-corrected chi connectivity index (χ4v) is 4.39. The molecule has 3 rings (SSSR count). The fourth-order valence-electron chi connectivity index (χ4n) is 4.39. The Morgan fingerprint density at radius 3 is 2.25 bits per heavy atom. The summed E-state index contributed by atoms with van der Waals surface area (Å²) in [6, 6.07) is -0.0754. The van der Waals surface area contributed by atoms with Gasteiger partial charge in [0.05, 0.1) is 5.54 Å². The highest BCUT2D eigenvalue weighted by molar-refractivity contribution is 5.84. The van der Waals surface area contributed by atoms with Crippen LogP contribution >= 0.6 is 0 Å². The van der Waals surface area contributed by atoms with Crippen LogP contribution in [0.3, 0.4) is 0 Å². The SMILES string of the molecule is CC(C)(C)C1(C2CC2)CC(=O)CC(C2CC2)N1C(=O)O. The molecule has 0 aromatic heterocycles. The van der Waals surface area contributed by atoms with Crippen molar-refractivity contribution in [3.8, 4) is 0 Å². The Labute approximate surface area is 120 Å². The molecule has 3 fully saturated rings. The van der Waals surface area contributed by atoms with Gasteiger partial charge < -0.3 is 5.11 Å². The molecule has 2 unspecified atom stereocenters. The van der Waals surface area contributed by atoms with Crippen LogP contribution in [0.4, 0.5) is 4.79 Å². The van der Waals surface area contributed by atoms with Crippen LogP contribution in [-0.4, -0.2) is 33.5 Å². The topological polar surface area (TPSA) is 57.6 Å². The Balaban J connectivity index is 2.07. The molecule has 1 aliphatic heterocycles. The lowest BCUT2D eigenvalue weighted by atomic mass is 9.63. The number of carbonyl (C=O) groups is 2. The fraction of sp³-hybridized carbons (Fsp3) is 0.875. The highest BCUT2D eigenvalue weighted by Gasteiger charge is 2.63. The number of hydrogen-bond acceptors (Lipinski definition) is 2. The maximum absolute atomic E-state index is 12.3. The average molecular weight is 279 g/mol. The van der Waals surface area contributed by atoms with E-state index in [1.54, 1.807) is 4.90 Å². The van der Waals surface area contributed by atoms with Gasteiger partial charge in [-0.05, 0) is 42.9 Å². The molecular formula is C16H25NO3. The molecule has 0 aromatic carbocycles. The first kappa shape index (κ1) is 13.9. The molecule has 0 aromatic rings. The van der Waals surface area contributed by atoms with Crippen LogP contribution in [0.1, 0.15) is 59.3 Å². The molecule has 2 aliphatic carbocycles. The monoisotopic (exact) mass is 279 g/mol. The average Bonchev–Trinajstić information content (AvgIpc) is 3.16. The zero-order valence-corrected chi connectivity index (χ0v) is 12.7. The molecular weight excluding hydrogens is 254 g/mol. The number of amides is 1. The van der Waals surface area contributed by atoms with Crippen LogP contribution in [-0.2, 0) is 4.79 Å². The second-order valence-electron chi connectivity index (χ2n) is 7.93. The Bertz CT molecular complexity index is 445. The van der Waals surface area contributed by atoms with Crippen molar-refractivity contribution in [3.63, 3.8) is 0 Å². The molecule has 2 atom stereocenters. The van der Waals surface area contributed by atoms with E-state index in [1.165, 1.54) is 0 Å². The van der Waals surface area contributed by atoms with Crippen LogP contribution < -0.4 is 0 Å². The summed E-state index contributed by atoms with van der Waals surface area (Å²) < 4.78 is 0. The normalized spacial score (nSPS) is 35.2. The van der Waals surface area contributed by atoms with Gasteiger partial charge in [-0.15, -0.1) is 0 Å². The highest BCUT2D eigenvalue weighted by Crippen LogP contribution is 2.58. The van der Waals surface area contributed by atoms with Gasteiger partial charge >= 0.3 is 6.09 Å². The molecule has 0 bridgehead atoms. The zero-order valence-electron chi connectivity index (χ0n) is 12.7. The maximum atomic E-state index is 12.3. The van der Waals surface area contributed by atoms with E-state index in [0.29, 0.717) is 24.7 Å². The quantitative estimate of drug-likeness (QED) is 0.843. The van der Waals surface area contributed by atoms with Gasteiger partial charge in [0.1, 0.15) is 5.78 Å². The lowest BCUT2D eigenvalue weighted by molar-refractivity contribution is -0.138. The van der Waals surface area contributed by atoms with Gasteiger partial charge in [0.15, 0.2) is 0 Å². The van der Waals surface area contributed by atoms with E-state index in [9.17, 15) is 14.7 Å². The minimum absolute atomic E-state index is 0.0754. The molecule has 1 N–H and O–H groups in total. The molecule has 1 saturated heterocycles. The summed E-state index contributed by atoms with van der Waals surface area (Å²) in [6.07, 6.45) is 4.30. The third-order valence-corrected chi connectivity index (χ3v) is 5.59. The van der Waals surface area contributed by atoms with Gasteiger partial charge in [-0.3, -0.25) is 9.69 Å². The van der Waals surface area contributed by atoms with Crippen LogP contribution in [0, 0.1) is 17.3 Å². The van der Waals surface area contributed by atoms with E-state index >= 15 is 0 Å². The van der Waals surface area contributed by atoms with E-state index in [-0.39, 0.29) is 17.2 Å². The maximum Gasteiger partial charge on any atom is 0.408 e. The highest BCUT2D eigenvalue weighted by atomic mass is 16.4. The van der Waals surface area contributed by atoms with Crippen molar-refractivity contribution >= 4 is 11.9 Å². The number of likely N-dealkylation sites (tertiary alicyclic amines) is 1. The van der Waals surface area contributed by atoms with E-state index in [0.717, 1.165) is 25.7 Å². The summed E-state index contributed by atoms with van der Waals surface area (Å²) in [7, 11) is 0. The van der Waals surface area contributed by atoms with E-state index in [2.05, 4.69) is 20.8 Å². The van der Waals surface area contributed by atoms with E-state index in [4.69, 9.17) is 0 Å². The number of hydrogen-bond donors (Lipinski definition) is 1. The number of ketones is 1. The third-order valence-electron chi connectivity index (χ3n) is 5.59. The Kier molecular flexibility index (Phi) is 2.93. The van der Waals surface area contributed by atoms with E-state index < -0.39 is 11.6 Å². The summed E-state index contributed by atoms with van der Waals surface area (Å²) in [5.74, 6) is 1.04. The van der Waals surface area contributed by atoms with Gasteiger partial charge in [0.2, 0.25) is 0 Å². The smallest absolute Gasteiger partial charge is 0.408 e. The van der Waals surface area contributed by atoms with Crippen molar-refractivity contribution in [2.75, 3.05) is 0 Å². The molecule has 0 radical (unpaired) electrons. The van der Waals surface area contributed by atoms with E-state index in [1.807, 2.05) is 0 Å². The van der Waals surface area contributed by atoms with Crippen LogP contribution in [0.2, 0.25) is 0 Å². The van der Waals surface area contributed by atoms with Crippen molar-refractivity contribution in [3.05, 3.63) is 0 Å². The summed E-state index contributed by atoms with van der Waals surface area (Å²) >= 11 is 0. The Morgan fingerprint density at radius 1 is 1.25 bits per heavy atom. The largest absolute Gasteiger partial charge is 0.465 e. The van der Waals surface area contributed by atoms with Crippen LogP contribution in [0.5, 0.6) is 0 Å². The van der Waals surface area contributed by atoms with Crippen molar-refractivity contribution in [2.45, 2.75) is 70.9 Å². The minimum Gasteiger partial charge on any atom is -0.465 e. The molecule has 20 heavy (non-hydrogen) atoms. The Morgan fingerprint density at radius 2 is 1.85 bits per heavy atom. The number of carboxylic acid groups (broad SMARTS) is 1. The predicted molar refractivity (Wildman–Crippen MR) is 75.5 cm³/mol. The lowest BCUT2D eigenvalue weighted by Crippen LogP contribution is -2.68. The first-order valence-corrected chi connectivity index (χ1v) is 7.81. The summed E-state index contributed by atoms with van der Waals surface area (Å²) in [5, 5.41) is 9.86. The van der Waals surface area contributed by atoms with Gasteiger partial charge in [-0.2, -0.15) is 0 Å². The standard InChI is InChI=1S/C16H25NO3/c1-15(2,3)16(11-6-7-11)9-12(18)8-13(10-4-5-10)17(16)14(19)20/h10-11,13H,4-9H2,1-3H3,(H,19,20). The molecule has 1 heterocycles. The second kappa shape index (κ2) is 4.22. The zero-order chi connectivity index (χ0) is 14.7. The van der Waals surface area contributed by atoms with Crippen LogP contribution in [0.15, 0.2) is 0 Å². The molecule has 3 aliphatic rings. The summed E-state index contributed by atoms with van der Waals surface area (Å²) in [5.41, 5.74) is -0.683. The third kappa shape index (κ3) is 1.95. The first-order valence-electron chi connectivity index (χ1n) is 7.81. The molecule has 4 heteroatoms. The van der Waals surface area contributed by atoms with Gasteiger partial charge in [0.25, 0.3) is 0 Å². The van der Waals surface area contributed by atoms with Crippen molar-refractivity contribution in [1.29, 1.82) is 0 Å². The van der Waals surface area contributed by atoms with Gasteiger partial charge in [0, 0.05) is 18.9 Å². The number of Topliss-reactive ketones (excluding diaryl/α,β-unsaturated/α-hetero) is 1. The summed E-state index contributed by atoms with van der Waals surface area (Å²) in [4.78, 5) is 26.1. The van der Waals surface area contributed by atoms with Gasteiger partial charge in [-0.25, -0.2) is 4.79 Å². The predicted octanol–water partition coefficient (Wildman–Crippen LogP) is 3.30. The number of piperidine rings is 1. The number of carbonyl (C=O) groups excluding carboxylic acids is 1. The Hall–Kier alpha value is -1.06. The van der Waals surface area contributed by atoms with Gasteiger partial charge in [-0.1, -0.05) is 20.8 Å².